The second-order valence-electron chi connectivity index (χ2n) is 14.0. The van der Waals surface area contributed by atoms with Gasteiger partial charge >= 0.3 is 83.9 Å². The van der Waals surface area contributed by atoms with Crippen LogP contribution < -0.4 is 0 Å². The molecule has 2 saturated heterocycles. The first-order valence-electron chi connectivity index (χ1n) is 13.5. The molecule has 0 atom stereocenters. The van der Waals surface area contributed by atoms with E-state index >= 15 is 0 Å². The lowest BCUT2D eigenvalue weighted by molar-refractivity contribution is 0.246. The molecule has 21 heteroatoms. The summed E-state index contributed by atoms with van der Waals surface area (Å²) in [6.45, 7) is 37.4. The second kappa shape index (κ2) is 11.5. The van der Waals surface area contributed by atoms with Gasteiger partial charge in [-0.25, -0.2) is 0 Å². The van der Waals surface area contributed by atoms with Crippen molar-refractivity contribution in [2.45, 2.75) is 118 Å². The third-order valence-electron chi connectivity index (χ3n) is 5.05. The van der Waals surface area contributed by atoms with Crippen LogP contribution in [0.2, 0.25) is 118 Å². The number of hydrogen-bond donors (Lipinski definition) is 0. The van der Waals surface area contributed by atoms with Crippen LogP contribution in [0, 0.1) is 0 Å². The fraction of sp³-hybridized carbons (Fsp3) is 1.00. The van der Waals surface area contributed by atoms with Crippen molar-refractivity contribution in [3.63, 3.8) is 0 Å². The van der Waals surface area contributed by atoms with Crippen LogP contribution in [0.4, 0.5) is 0 Å². The monoisotopic (exact) mass is 742 g/mol. The topological polar surface area (TPSA) is 92.3 Å². The Bertz CT molecular complexity index is 772. The minimum Gasteiger partial charge on any atom is -0.416 e. The van der Waals surface area contributed by atoms with Crippen LogP contribution in [0.25, 0.3) is 0 Å². The quantitative estimate of drug-likeness (QED) is 0.285. The fourth-order valence-corrected chi connectivity index (χ4v) is 76.7. The van der Waals surface area contributed by atoms with E-state index in [2.05, 4.69) is 118 Å². The van der Waals surface area contributed by atoms with Gasteiger partial charge < -0.3 is 41.2 Å². The minimum atomic E-state index is -3.08. The van der Waals surface area contributed by atoms with Crippen LogP contribution in [0.1, 0.15) is 0 Å². The molecule has 0 radical (unpaired) electrons. The average molecular weight is 744 g/mol. The van der Waals surface area contributed by atoms with Crippen molar-refractivity contribution in [1.82, 2.24) is 0 Å². The van der Waals surface area contributed by atoms with Crippen LogP contribution in [0.3, 0.4) is 0 Å². The summed E-state index contributed by atoms with van der Waals surface area (Å²) >= 11 is 0. The van der Waals surface area contributed by atoms with Gasteiger partial charge in [0.05, 0.1) is 0 Å². The van der Waals surface area contributed by atoms with E-state index in [0.717, 1.165) is 0 Å². The van der Waals surface area contributed by atoms with Gasteiger partial charge in [-0.05, 0) is 118 Å². The molecule has 39 heavy (non-hydrogen) atoms. The predicted molar refractivity (Wildman–Crippen MR) is 182 cm³/mol. The SMILES string of the molecule is C[Si]1(C)O[Si](C)(C)O[Si](C)(C)O[Si](C)(S[Si]2(C)O[Si](C)(C)O[Si](C)(C)O[Si](C)(C)O[Si](C)(C)O2)O[Si](C)(C)O1. The van der Waals surface area contributed by atoms with Gasteiger partial charge in [-0.3, -0.25) is 0 Å². The first kappa shape index (κ1) is 37.3. The average Bonchev–Trinajstić information content (AvgIpc) is 2.38. The van der Waals surface area contributed by atoms with E-state index in [1.165, 1.54) is 0 Å². The van der Waals surface area contributed by atoms with Gasteiger partial charge in [0.25, 0.3) is 0 Å². The summed E-state index contributed by atoms with van der Waals surface area (Å²) in [5, 5.41) is 0. The van der Waals surface area contributed by atoms with Crippen LogP contribution in [-0.4, -0.2) is 83.9 Å². The normalized spacial score (nSPS) is 32.5. The van der Waals surface area contributed by atoms with E-state index in [0.29, 0.717) is 0 Å². The van der Waals surface area contributed by atoms with Crippen LogP contribution >= 0.6 is 10.7 Å². The van der Waals surface area contributed by atoms with Crippen LogP contribution in [-0.2, 0) is 41.2 Å². The lowest BCUT2D eigenvalue weighted by atomic mass is 11.9. The molecule has 0 saturated carbocycles. The minimum absolute atomic E-state index is 1.62. The maximum atomic E-state index is 6.99. The first-order valence-corrected chi connectivity index (χ1v) is 42.9. The molecule has 2 heterocycles. The molecule has 0 spiro atoms. The van der Waals surface area contributed by atoms with Crippen LogP contribution in [0.5, 0.6) is 0 Å². The third kappa shape index (κ3) is 12.6. The second-order valence-corrected chi connectivity index (χ2v) is 55.2. The van der Waals surface area contributed by atoms with Crippen molar-refractivity contribution in [2.75, 3.05) is 0 Å². The zero-order chi connectivity index (χ0) is 30.8. The molecule has 0 aromatic heterocycles. The molecule has 2 rings (SSSR count). The van der Waals surface area contributed by atoms with Crippen molar-refractivity contribution < 1.29 is 41.2 Å². The maximum Gasteiger partial charge on any atom is 0.383 e. The molecule has 0 aromatic carbocycles. The fourth-order valence-electron chi connectivity index (χ4n) is 5.97. The molecular formula is C18H54O10SSi10. The van der Waals surface area contributed by atoms with E-state index < -0.39 is 83.9 Å². The Kier molecular flexibility index (Phi) is 11.0. The van der Waals surface area contributed by atoms with Gasteiger partial charge in [0.15, 0.2) is 0 Å². The van der Waals surface area contributed by atoms with Gasteiger partial charge in [-0.1, -0.05) is 10.7 Å². The highest BCUT2D eigenvalue weighted by Crippen LogP contribution is 2.43. The summed E-state index contributed by atoms with van der Waals surface area (Å²) in [7, 11) is -25.4. The summed E-state index contributed by atoms with van der Waals surface area (Å²) in [5.74, 6) is 0. The summed E-state index contributed by atoms with van der Waals surface area (Å²) < 4.78 is 67.8. The number of hydrogen-bond acceptors (Lipinski definition) is 11. The van der Waals surface area contributed by atoms with E-state index in [4.69, 9.17) is 41.2 Å². The Balaban J connectivity index is 2.60. The Morgan fingerprint density at radius 1 is 0.231 bits per heavy atom. The largest absolute Gasteiger partial charge is 0.416 e. The smallest absolute Gasteiger partial charge is 0.383 e. The van der Waals surface area contributed by atoms with Crippen molar-refractivity contribution in [2.24, 2.45) is 0 Å². The van der Waals surface area contributed by atoms with E-state index in [1.807, 2.05) is 0 Å². The highest BCUT2D eigenvalue weighted by molar-refractivity contribution is 8.48. The van der Waals surface area contributed by atoms with Crippen molar-refractivity contribution in [3.8, 4) is 0 Å². The van der Waals surface area contributed by atoms with Crippen molar-refractivity contribution >= 4 is 94.6 Å². The Morgan fingerprint density at radius 3 is 0.513 bits per heavy atom. The highest BCUT2D eigenvalue weighted by atomic mass is 32.5. The first-order chi connectivity index (χ1) is 16.8. The lowest BCUT2D eigenvalue weighted by Gasteiger charge is -2.50. The molecule has 0 bridgehead atoms. The Morgan fingerprint density at radius 2 is 0.359 bits per heavy atom. The Labute approximate surface area is 252 Å². The summed E-state index contributed by atoms with van der Waals surface area (Å²) in [4.78, 5) is 0. The van der Waals surface area contributed by atoms with Gasteiger partial charge in [0.2, 0.25) is 0 Å². The molecule has 2 aliphatic rings. The Hall–Kier alpha value is 2.12. The summed E-state index contributed by atoms with van der Waals surface area (Å²) in [6.07, 6.45) is 0. The van der Waals surface area contributed by atoms with E-state index in [9.17, 15) is 0 Å². The molecule has 0 amide bonds. The van der Waals surface area contributed by atoms with E-state index in [-0.39, 0.29) is 0 Å². The molecule has 232 valence electrons. The standard InChI is InChI=1S/C18H54O10SSi10/c1-30(2)19-31(3,4)22-35(11,12)26-38(17,25-34(9,10)21-30)29-39(18)27-36(13,14)23-32(5,6)20-33(7,8)24-37(15,16)28-39/h1-18H3. The van der Waals surface area contributed by atoms with Crippen molar-refractivity contribution in [1.29, 1.82) is 0 Å². The molecule has 0 aromatic rings. The van der Waals surface area contributed by atoms with Crippen molar-refractivity contribution in [3.05, 3.63) is 0 Å². The predicted octanol–water partition coefficient (Wildman–Crippen LogP) is 6.66. The summed E-state index contributed by atoms with van der Waals surface area (Å²) in [6, 6.07) is 0. The van der Waals surface area contributed by atoms with Crippen LogP contribution in [0.15, 0.2) is 0 Å². The molecular weight excluding hydrogens is 689 g/mol. The molecule has 0 aliphatic carbocycles. The van der Waals surface area contributed by atoms with Gasteiger partial charge in [-0.15, -0.1) is 0 Å². The lowest BCUT2D eigenvalue weighted by Crippen LogP contribution is -2.67. The molecule has 2 fully saturated rings. The molecule has 10 nitrogen and oxygen atoms in total. The number of rotatable bonds is 2. The van der Waals surface area contributed by atoms with Gasteiger partial charge in [-0.2, -0.15) is 0 Å². The maximum absolute atomic E-state index is 6.99. The zero-order valence-electron chi connectivity index (χ0n) is 27.5. The van der Waals surface area contributed by atoms with Gasteiger partial charge in [0.1, 0.15) is 0 Å². The highest BCUT2D eigenvalue weighted by Gasteiger charge is 2.60. The molecule has 0 unspecified atom stereocenters. The molecule has 0 N–H and O–H groups in total. The zero-order valence-corrected chi connectivity index (χ0v) is 38.3. The summed E-state index contributed by atoms with van der Waals surface area (Å²) in [5.41, 5.74) is 0. The third-order valence-corrected chi connectivity index (χ3v) is 55.1. The van der Waals surface area contributed by atoms with E-state index in [1.54, 1.807) is 10.7 Å². The van der Waals surface area contributed by atoms with Gasteiger partial charge in [0, 0.05) is 0 Å². The molecule has 2 aliphatic heterocycles.